The third-order valence-corrected chi connectivity index (χ3v) is 4.22. The molecule has 6 heteroatoms. The van der Waals surface area contributed by atoms with Gasteiger partial charge in [0.2, 0.25) is 0 Å². The number of aromatic nitrogens is 1. The molecule has 1 saturated heterocycles. The molecular formula is C12H21N3O2S. The minimum atomic E-state index is 0.0141. The fourth-order valence-corrected chi connectivity index (χ4v) is 3.08. The van der Waals surface area contributed by atoms with Crippen LogP contribution in [0.15, 0.2) is 10.2 Å². The van der Waals surface area contributed by atoms with E-state index in [0.29, 0.717) is 0 Å². The number of methoxy groups -OCH3 is 1. The Morgan fingerprint density at radius 1 is 1.50 bits per heavy atom. The lowest BCUT2D eigenvalue weighted by atomic mass is 9.79. The van der Waals surface area contributed by atoms with Gasteiger partial charge in [0.25, 0.3) is 0 Å². The van der Waals surface area contributed by atoms with Crippen molar-refractivity contribution < 1.29 is 4.74 Å². The largest absolute Gasteiger partial charge is 0.384 e. The van der Waals surface area contributed by atoms with Crippen LogP contribution in [0.2, 0.25) is 0 Å². The molecule has 0 bridgehead atoms. The van der Waals surface area contributed by atoms with E-state index in [0.717, 1.165) is 51.3 Å². The van der Waals surface area contributed by atoms with Crippen LogP contribution >= 0.6 is 11.3 Å². The van der Waals surface area contributed by atoms with Crippen LogP contribution in [-0.4, -0.2) is 38.3 Å². The van der Waals surface area contributed by atoms with Crippen molar-refractivity contribution in [1.29, 1.82) is 0 Å². The summed E-state index contributed by atoms with van der Waals surface area (Å²) in [6, 6.07) is 0. The Morgan fingerprint density at radius 2 is 2.28 bits per heavy atom. The van der Waals surface area contributed by atoms with Gasteiger partial charge in [0.15, 0.2) is 0 Å². The molecule has 1 aromatic rings. The summed E-state index contributed by atoms with van der Waals surface area (Å²) >= 11 is 1.21. The minimum Gasteiger partial charge on any atom is -0.384 e. The molecule has 0 aliphatic carbocycles. The summed E-state index contributed by atoms with van der Waals surface area (Å²) in [5.41, 5.74) is 1.20. The Morgan fingerprint density at radius 3 is 2.89 bits per heavy atom. The van der Waals surface area contributed by atoms with Crippen LogP contribution in [0.25, 0.3) is 0 Å². The van der Waals surface area contributed by atoms with E-state index in [1.54, 1.807) is 7.11 Å². The van der Waals surface area contributed by atoms with Crippen LogP contribution < -0.4 is 15.5 Å². The second-order valence-electron chi connectivity index (χ2n) is 4.96. The lowest BCUT2D eigenvalue weighted by Gasteiger charge is -2.37. The van der Waals surface area contributed by atoms with Crippen molar-refractivity contribution in [3.8, 4) is 0 Å². The first-order chi connectivity index (χ1) is 8.74. The normalized spacial score (nSPS) is 18.9. The van der Waals surface area contributed by atoms with Crippen molar-refractivity contribution in [2.75, 3.05) is 33.4 Å². The number of ether oxygens (including phenoxy) is 1. The summed E-state index contributed by atoms with van der Waals surface area (Å²) in [6.45, 7) is 4.56. The van der Waals surface area contributed by atoms with E-state index in [9.17, 15) is 4.79 Å². The fourth-order valence-electron chi connectivity index (χ4n) is 2.50. The van der Waals surface area contributed by atoms with Gasteiger partial charge in [0.05, 0.1) is 6.61 Å². The number of nitrogens with one attached hydrogen (secondary N) is 3. The van der Waals surface area contributed by atoms with Gasteiger partial charge in [-0.2, -0.15) is 0 Å². The van der Waals surface area contributed by atoms with Crippen molar-refractivity contribution in [1.82, 2.24) is 15.6 Å². The molecule has 1 aliphatic heterocycles. The van der Waals surface area contributed by atoms with E-state index in [1.165, 1.54) is 11.3 Å². The maximum Gasteiger partial charge on any atom is 0.304 e. The second kappa shape index (κ2) is 6.47. The monoisotopic (exact) mass is 271 g/mol. The van der Waals surface area contributed by atoms with E-state index in [2.05, 4.69) is 15.6 Å². The van der Waals surface area contributed by atoms with Crippen molar-refractivity contribution >= 4 is 11.3 Å². The molecule has 0 atom stereocenters. The predicted octanol–water partition coefficient (Wildman–Crippen LogP) is 0.542. The first-order valence-electron chi connectivity index (χ1n) is 6.31. The summed E-state index contributed by atoms with van der Waals surface area (Å²) in [5.74, 6) is 0. The standard InChI is InChI=1S/C12H21N3O2S/c1-17-9-12(2-4-13-5-3-12)8-14-6-10-7-18-11(16)15-10/h7,13-14H,2-6,8-9H2,1H3,(H,15,16). The van der Waals surface area contributed by atoms with Crippen LogP contribution in [0.1, 0.15) is 18.5 Å². The van der Waals surface area contributed by atoms with Crippen LogP contribution in [0.3, 0.4) is 0 Å². The number of hydrogen-bond acceptors (Lipinski definition) is 5. The maximum absolute atomic E-state index is 11.0. The zero-order valence-electron chi connectivity index (χ0n) is 10.8. The van der Waals surface area contributed by atoms with Crippen LogP contribution in [0.5, 0.6) is 0 Å². The number of aromatic amines is 1. The Hall–Kier alpha value is -0.690. The highest BCUT2D eigenvalue weighted by atomic mass is 32.1. The van der Waals surface area contributed by atoms with Gasteiger partial charge in [-0.1, -0.05) is 11.3 Å². The molecule has 0 unspecified atom stereocenters. The van der Waals surface area contributed by atoms with Gasteiger partial charge in [0, 0.05) is 36.7 Å². The average Bonchev–Trinajstić information content (AvgIpc) is 2.77. The minimum absolute atomic E-state index is 0.0141. The molecule has 0 aromatic carbocycles. The Kier molecular flexibility index (Phi) is 4.94. The van der Waals surface area contributed by atoms with E-state index < -0.39 is 0 Å². The molecule has 18 heavy (non-hydrogen) atoms. The lowest BCUT2D eigenvalue weighted by Crippen LogP contribution is -2.45. The van der Waals surface area contributed by atoms with Gasteiger partial charge in [-0.15, -0.1) is 0 Å². The highest BCUT2D eigenvalue weighted by molar-refractivity contribution is 7.07. The van der Waals surface area contributed by atoms with Crippen molar-refractivity contribution in [2.45, 2.75) is 19.4 Å². The summed E-state index contributed by atoms with van der Waals surface area (Å²) in [6.07, 6.45) is 2.27. The first kappa shape index (κ1) is 13.7. The molecule has 1 aromatic heterocycles. The van der Waals surface area contributed by atoms with E-state index in [-0.39, 0.29) is 10.3 Å². The topological polar surface area (TPSA) is 66.1 Å². The van der Waals surface area contributed by atoms with Gasteiger partial charge in [-0.3, -0.25) is 4.79 Å². The van der Waals surface area contributed by atoms with Gasteiger partial charge in [-0.25, -0.2) is 0 Å². The lowest BCUT2D eigenvalue weighted by molar-refractivity contribution is 0.0534. The fraction of sp³-hybridized carbons (Fsp3) is 0.750. The van der Waals surface area contributed by atoms with E-state index in [4.69, 9.17) is 4.74 Å². The summed E-state index contributed by atoms with van der Waals surface area (Å²) < 4.78 is 5.37. The van der Waals surface area contributed by atoms with Gasteiger partial charge in [-0.05, 0) is 25.9 Å². The maximum atomic E-state index is 11.0. The zero-order chi connectivity index (χ0) is 12.8. The molecule has 3 N–H and O–H groups in total. The van der Waals surface area contributed by atoms with E-state index in [1.807, 2.05) is 5.38 Å². The number of hydrogen-bond donors (Lipinski definition) is 3. The quantitative estimate of drug-likeness (QED) is 0.706. The molecule has 0 spiro atoms. The second-order valence-corrected chi connectivity index (χ2v) is 5.80. The number of rotatable bonds is 6. The Labute approximate surface area is 111 Å². The third-order valence-electron chi connectivity index (χ3n) is 3.50. The first-order valence-corrected chi connectivity index (χ1v) is 7.19. The number of H-pyrrole nitrogens is 1. The van der Waals surface area contributed by atoms with Crippen molar-refractivity contribution in [3.63, 3.8) is 0 Å². The van der Waals surface area contributed by atoms with Gasteiger partial charge in [0.1, 0.15) is 0 Å². The third kappa shape index (κ3) is 3.65. The number of piperidine rings is 1. The molecule has 0 radical (unpaired) electrons. The predicted molar refractivity (Wildman–Crippen MR) is 73.1 cm³/mol. The van der Waals surface area contributed by atoms with Gasteiger partial charge >= 0.3 is 4.87 Å². The molecule has 0 saturated carbocycles. The molecule has 0 amide bonds. The summed E-state index contributed by atoms with van der Waals surface area (Å²) in [7, 11) is 1.76. The number of thiazole rings is 1. The average molecular weight is 271 g/mol. The van der Waals surface area contributed by atoms with E-state index >= 15 is 0 Å². The highest BCUT2D eigenvalue weighted by Gasteiger charge is 2.31. The van der Waals surface area contributed by atoms with Crippen LogP contribution in [-0.2, 0) is 11.3 Å². The van der Waals surface area contributed by atoms with Crippen LogP contribution in [0, 0.1) is 5.41 Å². The molecular weight excluding hydrogens is 250 g/mol. The highest BCUT2D eigenvalue weighted by Crippen LogP contribution is 2.28. The molecule has 5 nitrogen and oxygen atoms in total. The SMILES string of the molecule is COCC1(CNCc2csc(=O)[nH]2)CCNCC1. The van der Waals surface area contributed by atoms with Crippen molar-refractivity contribution in [2.24, 2.45) is 5.41 Å². The Balaban J connectivity index is 1.83. The summed E-state index contributed by atoms with van der Waals surface area (Å²) in [5, 5.41) is 8.70. The zero-order valence-corrected chi connectivity index (χ0v) is 11.6. The molecule has 2 heterocycles. The van der Waals surface area contributed by atoms with Crippen LogP contribution in [0.4, 0.5) is 0 Å². The summed E-state index contributed by atoms with van der Waals surface area (Å²) in [4.78, 5) is 13.9. The smallest absolute Gasteiger partial charge is 0.304 e. The molecule has 102 valence electrons. The molecule has 1 fully saturated rings. The Bertz CT molecular complexity index is 404. The molecule has 2 rings (SSSR count). The van der Waals surface area contributed by atoms with Crippen molar-refractivity contribution in [3.05, 3.63) is 20.7 Å². The van der Waals surface area contributed by atoms with Gasteiger partial charge < -0.3 is 20.4 Å². The molecule has 1 aliphatic rings.